The third-order valence-corrected chi connectivity index (χ3v) is 4.22. The van der Waals surface area contributed by atoms with E-state index in [0.29, 0.717) is 0 Å². The van der Waals surface area contributed by atoms with Crippen LogP contribution in [0.15, 0.2) is 59.5 Å². The smallest absolute Gasteiger partial charge is 0.207 e. The Bertz CT molecular complexity index is 695. The van der Waals surface area contributed by atoms with Crippen molar-refractivity contribution < 1.29 is 21.6 Å². The normalized spacial score (nSPS) is 12.3. The molecule has 7 heteroatoms. The summed E-state index contributed by atoms with van der Waals surface area (Å²) >= 11 is 0. The highest BCUT2D eigenvalue weighted by molar-refractivity contribution is 7.89. The van der Waals surface area contributed by atoms with Gasteiger partial charge in [-0.15, -0.1) is 0 Å². The average molecular weight is 315 g/mol. The van der Waals surface area contributed by atoms with Gasteiger partial charge >= 0.3 is 6.18 Å². The van der Waals surface area contributed by atoms with E-state index in [2.05, 4.69) is 4.72 Å². The van der Waals surface area contributed by atoms with Crippen LogP contribution in [0, 0.1) is 0 Å². The molecule has 0 aliphatic carbocycles. The molecular formula is C14H12F3NO2S. The first-order chi connectivity index (χ1) is 9.79. The van der Waals surface area contributed by atoms with Gasteiger partial charge in [0.15, 0.2) is 0 Å². The van der Waals surface area contributed by atoms with Gasteiger partial charge in [0.25, 0.3) is 0 Å². The zero-order chi connectivity index (χ0) is 15.5. The van der Waals surface area contributed by atoms with E-state index in [-0.39, 0.29) is 11.4 Å². The minimum Gasteiger partial charge on any atom is -0.207 e. The molecule has 0 bridgehead atoms. The fourth-order valence-electron chi connectivity index (χ4n) is 1.68. The van der Waals surface area contributed by atoms with E-state index in [9.17, 15) is 21.6 Å². The van der Waals surface area contributed by atoms with E-state index in [0.717, 1.165) is 29.8 Å². The highest BCUT2D eigenvalue weighted by atomic mass is 32.2. The van der Waals surface area contributed by atoms with E-state index in [4.69, 9.17) is 0 Å². The summed E-state index contributed by atoms with van der Waals surface area (Å²) in [6.45, 7) is 0.0736. The highest BCUT2D eigenvalue weighted by Gasteiger charge is 2.30. The third-order valence-electron chi connectivity index (χ3n) is 2.80. The van der Waals surface area contributed by atoms with Crippen molar-refractivity contribution in [3.63, 3.8) is 0 Å². The van der Waals surface area contributed by atoms with Crippen molar-refractivity contribution in [2.45, 2.75) is 17.6 Å². The van der Waals surface area contributed by atoms with Crippen LogP contribution >= 0.6 is 0 Å². The van der Waals surface area contributed by atoms with Crippen molar-refractivity contribution in [1.29, 1.82) is 0 Å². The molecule has 3 nitrogen and oxygen atoms in total. The lowest BCUT2D eigenvalue weighted by atomic mass is 10.2. The van der Waals surface area contributed by atoms with Crippen LogP contribution < -0.4 is 4.72 Å². The molecule has 0 aromatic heterocycles. The monoisotopic (exact) mass is 315 g/mol. The summed E-state index contributed by atoms with van der Waals surface area (Å²) in [5.74, 6) is 0. The summed E-state index contributed by atoms with van der Waals surface area (Å²) in [7, 11) is -3.84. The Morgan fingerprint density at radius 2 is 1.48 bits per heavy atom. The summed E-state index contributed by atoms with van der Waals surface area (Å²) in [5.41, 5.74) is -0.127. The second-order valence-corrected chi connectivity index (χ2v) is 6.10. The Labute approximate surface area is 120 Å². The molecule has 0 fully saturated rings. The molecule has 0 unspecified atom stereocenters. The number of hydrogen-bond acceptors (Lipinski definition) is 2. The van der Waals surface area contributed by atoms with Gasteiger partial charge in [0.05, 0.1) is 10.5 Å². The predicted octanol–water partition coefficient (Wildman–Crippen LogP) is 3.18. The number of halogens is 3. The molecule has 112 valence electrons. The minimum atomic E-state index is -4.49. The zero-order valence-corrected chi connectivity index (χ0v) is 11.6. The molecule has 21 heavy (non-hydrogen) atoms. The van der Waals surface area contributed by atoms with Crippen LogP contribution in [-0.2, 0) is 22.7 Å². The number of benzene rings is 2. The number of sulfonamides is 1. The van der Waals surface area contributed by atoms with Crippen LogP contribution in [-0.4, -0.2) is 8.42 Å². The van der Waals surface area contributed by atoms with Crippen molar-refractivity contribution in [2.24, 2.45) is 0 Å². The molecule has 0 radical (unpaired) electrons. The van der Waals surface area contributed by atoms with Crippen molar-refractivity contribution >= 4 is 10.0 Å². The van der Waals surface area contributed by atoms with E-state index in [1.165, 1.54) is 0 Å². The van der Waals surface area contributed by atoms with Crippen LogP contribution in [0.4, 0.5) is 13.2 Å². The van der Waals surface area contributed by atoms with E-state index < -0.39 is 21.8 Å². The van der Waals surface area contributed by atoms with Crippen molar-refractivity contribution in [3.05, 3.63) is 65.7 Å². The summed E-state index contributed by atoms with van der Waals surface area (Å²) in [4.78, 5) is -0.202. The van der Waals surface area contributed by atoms with Crippen LogP contribution in [0.25, 0.3) is 0 Å². The number of rotatable bonds is 4. The first-order valence-electron chi connectivity index (χ1n) is 6.00. The standard InChI is InChI=1S/C14H12F3NO2S/c15-14(16,17)12-6-8-13(9-7-12)21(19,20)18-10-11-4-2-1-3-5-11/h1-9,18H,10H2. The lowest BCUT2D eigenvalue weighted by Gasteiger charge is -2.09. The van der Waals surface area contributed by atoms with E-state index in [1.54, 1.807) is 30.3 Å². The highest BCUT2D eigenvalue weighted by Crippen LogP contribution is 2.29. The van der Waals surface area contributed by atoms with Gasteiger partial charge < -0.3 is 0 Å². The van der Waals surface area contributed by atoms with Gasteiger partial charge in [0.2, 0.25) is 10.0 Å². The summed E-state index contributed by atoms with van der Waals surface area (Å²) in [5, 5.41) is 0. The average Bonchev–Trinajstić information content (AvgIpc) is 2.46. The van der Waals surface area contributed by atoms with Crippen LogP contribution in [0.2, 0.25) is 0 Å². The summed E-state index contributed by atoms with van der Waals surface area (Å²) in [6, 6.07) is 12.2. The quantitative estimate of drug-likeness (QED) is 0.942. The lowest BCUT2D eigenvalue weighted by Crippen LogP contribution is -2.23. The maximum atomic E-state index is 12.4. The molecule has 0 aliphatic rings. The Morgan fingerprint density at radius 3 is 2.00 bits per heavy atom. The Kier molecular flexibility index (Phi) is 4.34. The third kappa shape index (κ3) is 4.05. The van der Waals surface area contributed by atoms with Crippen molar-refractivity contribution in [2.75, 3.05) is 0 Å². The number of nitrogens with one attached hydrogen (secondary N) is 1. The molecule has 0 atom stereocenters. The fraction of sp³-hybridized carbons (Fsp3) is 0.143. The maximum Gasteiger partial charge on any atom is 0.416 e. The van der Waals surface area contributed by atoms with Gasteiger partial charge in [-0.3, -0.25) is 0 Å². The second kappa shape index (κ2) is 5.87. The molecule has 0 heterocycles. The first kappa shape index (κ1) is 15.5. The zero-order valence-electron chi connectivity index (χ0n) is 10.8. The Morgan fingerprint density at radius 1 is 0.905 bits per heavy atom. The van der Waals surface area contributed by atoms with Gasteiger partial charge in [-0.1, -0.05) is 30.3 Å². The molecule has 2 aromatic carbocycles. The Balaban J connectivity index is 2.13. The first-order valence-corrected chi connectivity index (χ1v) is 7.48. The minimum absolute atomic E-state index is 0.0736. The second-order valence-electron chi connectivity index (χ2n) is 4.33. The van der Waals surface area contributed by atoms with Crippen molar-refractivity contribution in [3.8, 4) is 0 Å². The SMILES string of the molecule is O=S(=O)(NCc1ccccc1)c1ccc(C(F)(F)F)cc1. The fourth-order valence-corrected chi connectivity index (χ4v) is 2.70. The number of alkyl halides is 3. The van der Waals surface area contributed by atoms with Gasteiger partial charge in [0.1, 0.15) is 0 Å². The summed E-state index contributed by atoms with van der Waals surface area (Å²) in [6.07, 6.45) is -4.49. The van der Waals surface area contributed by atoms with Gasteiger partial charge in [-0.2, -0.15) is 13.2 Å². The molecule has 0 saturated carbocycles. The molecule has 0 amide bonds. The molecule has 2 rings (SSSR count). The Hall–Kier alpha value is -1.86. The molecule has 2 aromatic rings. The van der Waals surface area contributed by atoms with Gasteiger partial charge in [-0.25, -0.2) is 13.1 Å². The topological polar surface area (TPSA) is 46.2 Å². The van der Waals surface area contributed by atoms with Crippen LogP contribution in [0.5, 0.6) is 0 Å². The number of hydrogen-bond donors (Lipinski definition) is 1. The maximum absolute atomic E-state index is 12.4. The molecule has 0 aliphatic heterocycles. The molecular weight excluding hydrogens is 303 g/mol. The van der Waals surface area contributed by atoms with Gasteiger partial charge in [-0.05, 0) is 29.8 Å². The largest absolute Gasteiger partial charge is 0.416 e. The van der Waals surface area contributed by atoms with Crippen LogP contribution in [0.3, 0.4) is 0 Å². The summed E-state index contributed by atoms with van der Waals surface area (Å²) < 4.78 is 63.6. The van der Waals surface area contributed by atoms with E-state index in [1.807, 2.05) is 0 Å². The predicted molar refractivity (Wildman–Crippen MR) is 71.9 cm³/mol. The van der Waals surface area contributed by atoms with Gasteiger partial charge in [0, 0.05) is 6.54 Å². The molecule has 0 spiro atoms. The van der Waals surface area contributed by atoms with E-state index >= 15 is 0 Å². The molecule has 0 saturated heterocycles. The van der Waals surface area contributed by atoms with Crippen molar-refractivity contribution in [1.82, 2.24) is 4.72 Å². The van der Waals surface area contributed by atoms with Crippen LogP contribution in [0.1, 0.15) is 11.1 Å². The molecule has 1 N–H and O–H groups in total. The lowest BCUT2D eigenvalue weighted by molar-refractivity contribution is -0.137.